The molecule has 1 atom stereocenters. The Labute approximate surface area is 137 Å². The van der Waals surface area contributed by atoms with E-state index in [0.717, 1.165) is 18.7 Å². The van der Waals surface area contributed by atoms with Gasteiger partial charge in [0.2, 0.25) is 0 Å². The number of nitrogens with one attached hydrogen (secondary N) is 1. The molecule has 1 fully saturated rings. The summed E-state index contributed by atoms with van der Waals surface area (Å²) in [5.74, 6) is 0.942. The van der Waals surface area contributed by atoms with E-state index in [9.17, 15) is 0 Å². The third kappa shape index (κ3) is 4.23. The summed E-state index contributed by atoms with van der Waals surface area (Å²) in [6.07, 6.45) is 7.88. The average molecular weight is 354 g/mol. The summed E-state index contributed by atoms with van der Waals surface area (Å²) in [5, 5.41) is 3.74. The fourth-order valence-corrected chi connectivity index (χ4v) is 3.98. The predicted molar refractivity (Wildman–Crippen MR) is 93.1 cm³/mol. The molecular weight excluding hydrogens is 326 g/mol. The zero-order valence-electron chi connectivity index (χ0n) is 13.5. The van der Waals surface area contributed by atoms with Gasteiger partial charge in [0.15, 0.2) is 0 Å². The smallest absolute Gasteiger partial charge is 0.119 e. The van der Waals surface area contributed by atoms with Crippen LogP contribution in [0, 0.1) is 5.41 Å². The normalized spacial score (nSPS) is 19.2. The molecule has 1 N–H and O–H groups in total. The summed E-state index contributed by atoms with van der Waals surface area (Å²) in [6, 6.07) is 6.81. The molecule has 0 aromatic heterocycles. The second-order valence-electron chi connectivity index (χ2n) is 6.49. The zero-order valence-corrected chi connectivity index (χ0v) is 15.1. The van der Waals surface area contributed by atoms with E-state index in [-0.39, 0.29) is 0 Å². The third-order valence-electron chi connectivity index (χ3n) is 4.96. The van der Waals surface area contributed by atoms with Gasteiger partial charge in [-0.05, 0) is 55.0 Å². The van der Waals surface area contributed by atoms with Crippen molar-refractivity contribution in [3.8, 4) is 5.75 Å². The molecule has 0 radical (unpaired) electrons. The molecule has 0 aliphatic heterocycles. The lowest BCUT2D eigenvalue weighted by atomic mass is 9.69. The van der Waals surface area contributed by atoms with Crippen molar-refractivity contribution in [1.82, 2.24) is 5.32 Å². The van der Waals surface area contributed by atoms with E-state index in [4.69, 9.17) is 4.74 Å². The van der Waals surface area contributed by atoms with Crippen molar-refractivity contribution in [2.75, 3.05) is 13.7 Å². The number of halogens is 1. The van der Waals surface area contributed by atoms with E-state index < -0.39 is 0 Å². The molecule has 0 spiro atoms. The van der Waals surface area contributed by atoms with Crippen LogP contribution in [0.2, 0.25) is 0 Å². The lowest BCUT2D eigenvalue weighted by Gasteiger charge is -2.41. The molecule has 1 unspecified atom stereocenters. The molecule has 0 amide bonds. The van der Waals surface area contributed by atoms with Crippen LogP contribution in [0.25, 0.3) is 0 Å². The first kappa shape index (κ1) is 16.8. The van der Waals surface area contributed by atoms with Gasteiger partial charge in [0, 0.05) is 10.5 Å². The van der Waals surface area contributed by atoms with Gasteiger partial charge in [0.05, 0.1) is 7.11 Å². The van der Waals surface area contributed by atoms with Crippen LogP contribution in [0.5, 0.6) is 5.75 Å². The first-order chi connectivity index (χ1) is 10.1. The molecule has 3 heteroatoms. The molecular formula is C18H28BrNO. The predicted octanol–water partition coefficient (Wildman–Crippen LogP) is 4.95. The van der Waals surface area contributed by atoms with Gasteiger partial charge < -0.3 is 10.1 Å². The van der Waals surface area contributed by atoms with Crippen molar-refractivity contribution in [2.45, 2.75) is 58.4 Å². The van der Waals surface area contributed by atoms with E-state index in [2.05, 4.69) is 47.2 Å². The molecule has 118 valence electrons. The minimum absolute atomic E-state index is 0.413. The molecule has 1 aromatic carbocycles. The molecule has 1 aromatic rings. The lowest BCUT2D eigenvalue weighted by Crippen LogP contribution is -2.46. The highest BCUT2D eigenvalue weighted by Gasteiger charge is 2.35. The number of rotatable bonds is 6. The van der Waals surface area contributed by atoms with Crippen LogP contribution in [0.3, 0.4) is 0 Å². The van der Waals surface area contributed by atoms with Crippen LogP contribution in [0.4, 0.5) is 0 Å². The Bertz CT molecular complexity index is 455. The van der Waals surface area contributed by atoms with Gasteiger partial charge in [-0.2, -0.15) is 0 Å². The monoisotopic (exact) mass is 353 g/mol. The Morgan fingerprint density at radius 1 is 1.29 bits per heavy atom. The molecule has 1 aliphatic rings. The molecule has 2 nitrogen and oxygen atoms in total. The van der Waals surface area contributed by atoms with E-state index in [1.54, 1.807) is 7.11 Å². The number of benzene rings is 1. The minimum Gasteiger partial charge on any atom is -0.497 e. The highest BCUT2D eigenvalue weighted by atomic mass is 79.9. The zero-order chi connectivity index (χ0) is 15.3. The van der Waals surface area contributed by atoms with Gasteiger partial charge in [0.1, 0.15) is 5.75 Å². The topological polar surface area (TPSA) is 21.3 Å². The van der Waals surface area contributed by atoms with Gasteiger partial charge in [0.25, 0.3) is 0 Å². The maximum atomic E-state index is 5.38. The maximum absolute atomic E-state index is 5.38. The maximum Gasteiger partial charge on any atom is 0.119 e. The second kappa shape index (κ2) is 7.64. The summed E-state index contributed by atoms with van der Waals surface area (Å²) in [6.45, 7) is 5.70. The van der Waals surface area contributed by atoms with Crippen molar-refractivity contribution in [2.24, 2.45) is 5.41 Å². The van der Waals surface area contributed by atoms with E-state index in [1.807, 2.05) is 6.07 Å². The Kier molecular flexibility index (Phi) is 6.12. The number of ether oxygens (including phenoxy) is 1. The standard InChI is InChI=1S/C18H28BrNO/c1-4-20-17(18(2)10-6-5-7-11-18)13-14-12-15(21-3)8-9-16(14)19/h8-9,12,17,20H,4-7,10-11,13H2,1-3H3. The van der Waals surface area contributed by atoms with Crippen LogP contribution in [0.1, 0.15) is 51.5 Å². The molecule has 0 heterocycles. The third-order valence-corrected chi connectivity index (χ3v) is 5.74. The van der Waals surface area contributed by atoms with Crippen molar-refractivity contribution in [3.05, 3.63) is 28.2 Å². The van der Waals surface area contributed by atoms with E-state index >= 15 is 0 Å². The molecule has 1 saturated carbocycles. The SMILES string of the molecule is CCNC(Cc1cc(OC)ccc1Br)C1(C)CCCCC1. The quantitative estimate of drug-likeness (QED) is 0.781. The highest BCUT2D eigenvalue weighted by Crippen LogP contribution is 2.40. The van der Waals surface area contributed by atoms with Gasteiger partial charge in [-0.15, -0.1) is 0 Å². The van der Waals surface area contributed by atoms with Crippen LogP contribution < -0.4 is 10.1 Å². The largest absolute Gasteiger partial charge is 0.497 e. The molecule has 0 bridgehead atoms. The summed E-state index contributed by atoms with van der Waals surface area (Å²) in [7, 11) is 1.73. The number of hydrogen-bond acceptors (Lipinski definition) is 2. The number of methoxy groups -OCH3 is 1. The molecule has 2 rings (SSSR count). The Balaban J connectivity index is 2.19. The fourth-order valence-electron chi connectivity index (χ4n) is 3.57. The Morgan fingerprint density at radius 3 is 2.62 bits per heavy atom. The van der Waals surface area contributed by atoms with Crippen LogP contribution in [0.15, 0.2) is 22.7 Å². The van der Waals surface area contributed by atoms with Crippen molar-refractivity contribution in [3.63, 3.8) is 0 Å². The second-order valence-corrected chi connectivity index (χ2v) is 7.34. The number of hydrogen-bond donors (Lipinski definition) is 1. The first-order valence-corrected chi connectivity index (χ1v) is 8.94. The van der Waals surface area contributed by atoms with Crippen LogP contribution in [-0.4, -0.2) is 19.7 Å². The van der Waals surface area contributed by atoms with Gasteiger partial charge in [-0.25, -0.2) is 0 Å². The lowest BCUT2D eigenvalue weighted by molar-refractivity contribution is 0.144. The van der Waals surface area contributed by atoms with Crippen molar-refractivity contribution >= 4 is 15.9 Å². The molecule has 21 heavy (non-hydrogen) atoms. The Hall–Kier alpha value is -0.540. The van der Waals surface area contributed by atoms with E-state index in [1.165, 1.54) is 42.1 Å². The van der Waals surface area contributed by atoms with Gasteiger partial charge in [-0.1, -0.05) is 49.0 Å². The summed E-state index contributed by atoms with van der Waals surface area (Å²) < 4.78 is 6.57. The minimum atomic E-state index is 0.413. The molecule has 0 saturated heterocycles. The highest BCUT2D eigenvalue weighted by molar-refractivity contribution is 9.10. The number of likely N-dealkylation sites (N-methyl/N-ethyl adjacent to an activating group) is 1. The summed E-state index contributed by atoms with van der Waals surface area (Å²) in [4.78, 5) is 0. The first-order valence-electron chi connectivity index (χ1n) is 8.15. The van der Waals surface area contributed by atoms with Crippen molar-refractivity contribution < 1.29 is 4.74 Å². The molecule has 1 aliphatic carbocycles. The summed E-state index contributed by atoms with van der Waals surface area (Å²) >= 11 is 3.70. The van der Waals surface area contributed by atoms with Crippen LogP contribution in [-0.2, 0) is 6.42 Å². The summed E-state index contributed by atoms with van der Waals surface area (Å²) in [5.41, 5.74) is 1.75. The van der Waals surface area contributed by atoms with Crippen molar-refractivity contribution in [1.29, 1.82) is 0 Å². The van der Waals surface area contributed by atoms with Crippen LogP contribution >= 0.6 is 15.9 Å². The van der Waals surface area contributed by atoms with Gasteiger partial charge in [-0.3, -0.25) is 0 Å². The fraction of sp³-hybridized carbons (Fsp3) is 0.667. The average Bonchev–Trinajstić information content (AvgIpc) is 2.49. The van der Waals surface area contributed by atoms with Gasteiger partial charge >= 0.3 is 0 Å². The Morgan fingerprint density at radius 2 is 2.00 bits per heavy atom. The van der Waals surface area contributed by atoms with E-state index in [0.29, 0.717) is 11.5 Å².